The molecule has 0 aromatic heterocycles. The summed E-state index contributed by atoms with van der Waals surface area (Å²) in [5.74, 6) is 0.410. The highest BCUT2D eigenvalue weighted by atomic mass is 127. The lowest BCUT2D eigenvalue weighted by Gasteiger charge is -2.31. The van der Waals surface area contributed by atoms with Gasteiger partial charge in [0, 0.05) is 33.2 Å². The quantitative estimate of drug-likeness (QED) is 0.255. The summed E-state index contributed by atoms with van der Waals surface area (Å²) in [5, 5.41) is 6.17. The average molecular weight is 536 g/mol. The maximum absolute atomic E-state index is 13.2. The number of amides is 1. The first-order valence-electron chi connectivity index (χ1n) is 10.4. The van der Waals surface area contributed by atoms with Gasteiger partial charge in [-0.05, 0) is 36.1 Å². The number of likely N-dealkylation sites (tertiary alicyclic amines) is 1. The number of rotatable bonds is 6. The van der Waals surface area contributed by atoms with Crippen molar-refractivity contribution in [1.29, 1.82) is 0 Å². The van der Waals surface area contributed by atoms with Gasteiger partial charge in [0.15, 0.2) is 5.96 Å². The van der Waals surface area contributed by atoms with Crippen LogP contribution in [-0.4, -0.2) is 50.0 Å². The summed E-state index contributed by atoms with van der Waals surface area (Å²) >= 11 is 0. The van der Waals surface area contributed by atoms with Crippen molar-refractivity contribution in [2.45, 2.75) is 19.3 Å². The van der Waals surface area contributed by atoms with Crippen molar-refractivity contribution < 1.29 is 9.18 Å². The molecule has 0 spiro atoms. The highest BCUT2D eigenvalue weighted by molar-refractivity contribution is 14.0. The summed E-state index contributed by atoms with van der Waals surface area (Å²) in [6.07, 6.45) is 4.48. The van der Waals surface area contributed by atoms with Crippen LogP contribution in [0.5, 0.6) is 0 Å². The number of piperidine rings is 1. The molecule has 0 bridgehead atoms. The van der Waals surface area contributed by atoms with Gasteiger partial charge in [0.25, 0.3) is 0 Å². The molecule has 2 aromatic carbocycles. The van der Waals surface area contributed by atoms with Crippen LogP contribution in [0.1, 0.15) is 24.0 Å². The predicted octanol–water partition coefficient (Wildman–Crippen LogP) is 3.86. The van der Waals surface area contributed by atoms with E-state index in [9.17, 15) is 9.18 Å². The zero-order valence-corrected chi connectivity index (χ0v) is 20.1. The zero-order valence-electron chi connectivity index (χ0n) is 17.8. The number of aliphatic imine (C=N–C) groups is 1. The molecule has 1 aliphatic rings. The minimum absolute atomic E-state index is 0. The SMILES string of the molecule is CN=C(NCCNC(=O)Cc1cccc(F)c1)N1CCC(=Cc2ccccc2)CC1.I. The van der Waals surface area contributed by atoms with Crippen LogP contribution in [-0.2, 0) is 11.2 Å². The fourth-order valence-corrected chi connectivity index (χ4v) is 3.54. The monoisotopic (exact) mass is 536 g/mol. The maximum atomic E-state index is 13.2. The molecule has 1 heterocycles. The van der Waals surface area contributed by atoms with E-state index >= 15 is 0 Å². The molecular formula is C24H30FIN4O. The molecule has 0 unspecified atom stereocenters. The number of nitrogens with zero attached hydrogens (tertiary/aromatic N) is 2. The topological polar surface area (TPSA) is 56.7 Å². The third kappa shape index (κ3) is 8.32. The van der Waals surface area contributed by atoms with Crippen LogP contribution in [0.4, 0.5) is 4.39 Å². The van der Waals surface area contributed by atoms with E-state index in [2.05, 4.69) is 50.9 Å². The van der Waals surface area contributed by atoms with Crippen molar-refractivity contribution in [1.82, 2.24) is 15.5 Å². The van der Waals surface area contributed by atoms with Crippen molar-refractivity contribution in [3.05, 3.63) is 77.1 Å². The van der Waals surface area contributed by atoms with Gasteiger partial charge in [-0.3, -0.25) is 9.79 Å². The summed E-state index contributed by atoms with van der Waals surface area (Å²) in [4.78, 5) is 18.6. The Morgan fingerprint density at radius 1 is 1.06 bits per heavy atom. The Labute approximate surface area is 200 Å². The van der Waals surface area contributed by atoms with Gasteiger partial charge in [0.05, 0.1) is 6.42 Å². The number of hydrogen-bond donors (Lipinski definition) is 2. The summed E-state index contributed by atoms with van der Waals surface area (Å²) in [6, 6.07) is 16.5. The van der Waals surface area contributed by atoms with Gasteiger partial charge in [-0.1, -0.05) is 54.1 Å². The molecule has 31 heavy (non-hydrogen) atoms. The van der Waals surface area contributed by atoms with E-state index in [0.29, 0.717) is 18.7 Å². The molecule has 0 saturated carbocycles. The van der Waals surface area contributed by atoms with Crippen LogP contribution in [0.15, 0.2) is 65.2 Å². The Hall–Kier alpha value is -2.42. The van der Waals surface area contributed by atoms with E-state index in [1.54, 1.807) is 19.2 Å². The molecular weight excluding hydrogens is 506 g/mol. The van der Waals surface area contributed by atoms with Gasteiger partial charge in [-0.15, -0.1) is 24.0 Å². The molecule has 0 aliphatic carbocycles. The summed E-state index contributed by atoms with van der Waals surface area (Å²) < 4.78 is 13.2. The Kier molecular flexibility index (Phi) is 10.5. The minimum atomic E-state index is -0.325. The molecule has 2 aromatic rings. The molecule has 1 aliphatic heterocycles. The van der Waals surface area contributed by atoms with Crippen molar-refractivity contribution >= 4 is 41.9 Å². The maximum Gasteiger partial charge on any atom is 0.224 e. The van der Waals surface area contributed by atoms with Crippen molar-refractivity contribution in [2.75, 3.05) is 33.2 Å². The first kappa shape index (κ1) is 24.8. The molecule has 0 radical (unpaired) electrons. The highest BCUT2D eigenvalue weighted by Gasteiger charge is 2.17. The first-order valence-corrected chi connectivity index (χ1v) is 10.4. The van der Waals surface area contributed by atoms with E-state index in [0.717, 1.165) is 31.9 Å². The second-order valence-corrected chi connectivity index (χ2v) is 7.33. The lowest BCUT2D eigenvalue weighted by Crippen LogP contribution is -2.46. The van der Waals surface area contributed by atoms with Crippen LogP contribution in [0.25, 0.3) is 6.08 Å². The molecule has 7 heteroatoms. The normalized spacial score (nSPS) is 13.9. The number of hydrogen-bond acceptors (Lipinski definition) is 2. The summed E-state index contributed by atoms with van der Waals surface area (Å²) in [5.41, 5.74) is 3.37. The van der Waals surface area contributed by atoms with E-state index in [1.165, 1.54) is 23.3 Å². The Morgan fingerprint density at radius 2 is 1.77 bits per heavy atom. The molecule has 1 amide bonds. The predicted molar refractivity (Wildman–Crippen MR) is 135 cm³/mol. The minimum Gasteiger partial charge on any atom is -0.354 e. The number of benzene rings is 2. The van der Waals surface area contributed by atoms with Gasteiger partial charge < -0.3 is 15.5 Å². The average Bonchev–Trinajstić information content (AvgIpc) is 2.75. The smallest absolute Gasteiger partial charge is 0.224 e. The van der Waals surface area contributed by atoms with Crippen molar-refractivity contribution in [2.24, 2.45) is 4.99 Å². The Bertz CT molecular complexity index is 891. The van der Waals surface area contributed by atoms with Gasteiger partial charge in [-0.2, -0.15) is 0 Å². The molecule has 1 saturated heterocycles. The van der Waals surface area contributed by atoms with Gasteiger partial charge in [0.2, 0.25) is 5.91 Å². The fourth-order valence-electron chi connectivity index (χ4n) is 3.54. The Balaban J connectivity index is 0.00000341. The third-order valence-corrected chi connectivity index (χ3v) is 5.07. The number of carbonyl (C=O) groups is 1. The second kappa shape index (κ2) is 13.1. The van der Waals surface area contributed by atoms with E-state index in [1.807, 2.05) is 6.07 Å². The highest BCUT2D eigenvalue weighted by Crippen LogP contribution is 2.19. The van der Waals surface area contributed by atoms with Gasteiger partial charge in [-0.25, -0.2) is 4.39 Å². The molecule has 1 fully saturated rings. The molecule has 166 valence electrons. The number of carbonyl (C=O) groups excluding carboxylic acids is 1. The van der Waals surface area contributed by atoms with Gasteiger partial charge in [0.1, 0.15) is 5.82 Å². The van der Waals surface area contributed by atoms with E-state index < -0.39 is 0 Å². The van der Waals surface area contributed by atoms with E-state index in [4.69, 9.17) is 0 Å². The largest absolute Gasteiger partial charge is 0.354 e. The van der Waals surface area contributed by atoms with Crippen LogP contribution in [0.3, 0.4) is 0 Å². The van der Waals surface area contributed by atoms with E-state index in [-0.39, 0.29) is 42.1 Å². The zero-order chi connectivity index (χ0) is 21.2. The van der Waals surface area contributed by atoms with Crippen LogP contribution >= 0.6 is 24.0 Å². The molecule has 5 nitrogen and oxygen atoms in total. The summed E-state index contributed by atoms with van der Waals surface area (Å²) in [7, 11) is 1.78. The van der Waals surface area contributed by atoms with Crippen LogP contribution < -0.4 is 10.6 Å². The molecule has 2 N–H and O–H groups in total. The summed E-state index contributed by atoms with van der Waals surface area (Å²) in [6.45, 7) is 2.92. The van der Waals surface area contributed by atoms with Crippen LogP contribution in [0.2, 0.25) is 0 Å². The fraction of sp³-hybridized carbons (Fsp3) is 0.333. The first-order chi connectivity index (χ1) is 14.6. The third-order valence-electron chi connectivity index (χ3n) is 5.07. The standard InChI is InChI=1S/C24H29FN4O.HI/c1-26-24(28-13-12-27-23(30)18-21-8-5-9-22(25)17-21)29-14-10-20(11-15-29)16-19-6-3-2-4-7-19;/h2-9,16-17H,10-15,18H2,1H3,(H,26,28)(H,27,30);1H. The lowest BCUT2D eigenvalue weighted by molar-refractivity contribution is -0.120. The molecule has 3 rings (SSSR count). The number of nitrogens with one attached hydrogen (secondary N) is 2. The Morgan fingerprint density at radius 3 is 2.45 bits per heavy atom. The number of guanidine groups is 1. The lowest BCUT2D eigenvalue weighted by atomic mass is 10.0. The van der Waals surface area contributed by atoms with Crippen LogP contribution in [0, 0.1) is 5.82 Å². The molecule has 0 atom stereocenters. The second-order valence-electron chi connectivity index (χ2n) is 7.33. The van der Waals surface area contributed by atoms with Gasteiger partial charge >= 0.3 is 0 Å². The number of halogens is 2. The van der Waals surface area contributed by atoms with Crippen molar-refractivity contribution in [3.63, 3.8) is 0 Å². The van der Waals surface area contributed by atoms with Crippen molar-refractivity contribution in [3.8, 4) is 0 Å².